The summed E-state index contributed by atoms with van der Waals surface area (Å²) >= 11 is 3.32. The van der Waals surface area contributed by atoms with E-state index in [1.165, 1.54) is 27.5 Å². The second-order valence-corrected chi connectivity index (χ2v) is 5.58. The highest BCUT2D eigenvalue weighted by Crippen LogP contribution is 2.37. The van der Waals surface area contributed by atoms with Crippen molar-refractivity contribution in [2.75, 3.05) is 21.3 Å². The maximum Gasteiger partial charge on any atom is 0.271 e. The van der Waals surface area contributed by atoms with E-state index in [0.29, 0.717) is 28.4 Å². The number of methoxy groups -OCH3 is 3. The molecule has 0 saturated heterocycles. The van der Waals surface area contributed by atoms with Crippen LogP contribution in [-0.4, -0.2) is 33.5 Å². The van der Waals surface area contributed by atoms with Crippen LogP contribution in [0.1, 0.15) is 15.9 Å². The Labute approximate surface area is 148 Å². The van der Waals surface area contributed by atoms with Gasteiger partial charge in [-0.05, 0) is 30.3 Å². The molecule has 0 saturated carbocycles. The summed E-state index contributed by atoms with van der Waals surface area (Å²) in [6.07, 6.45) is 1.50. The molecule has 2 aromatic carbocycles. The summed E-state index contributed by atoms with van der Waals surface area (Å²) in [7, 11) is 4.60. The summed E-state index contributed by atoms with van der Waals surface area (Å²) in [6, 6.07) is 10.5. The number of benzene rings is 2. The van der Waals surface area contributed by atoms with Crippen LogP contribution >= 0.6 is 15.9 Å². The Balaban J connectivity index is 2.15. The number of carbonyl (C=O) groups is 1. The largest absolute Gasteiger partial charge is 0.493 e. The summed E-state index contributed by atoms with van der Waals surface area (Å²) < 4.78 is 16.6. The smallest absolute Gasteiger partial charge is 0.271 e. The average molecular weight is 393 g/mol. The van der Waals surface area contributed by atoms with E-state index >= 15 is 0 Å². The Morgan fingerprint density at radius 1 is 1.08 bits per heavy atom. The minimum atomic E-state index is -0.306. The number of carbonyl (C=O) groups excluding carboxylic acids is 1. The van der Waals surface area contributed by atoms with Crippen molar-refractivity contribution in [2.45, 2.75) is 0 Å². The lowest BCUT2D eigenvalue weighted by Gasteiger charge is -2.12. The molecule has 0 aromatic heterocycles. The van der Waals surface area contributed by atoms with Crippen molar-refractivity contribution in [2.24, 2.45) is 5.10 Å². The van der Waals surface area contributed by atoms with Crippen molar-refractivity contribution in [1.82, 2.24) is 5.43 Å². The topological polar surface area (TPSA) is 69.2 Å². The predicted octanol–water partition coefficient (Wildman–Crippen LogP) is 3.24. The molecule has 0 aliphatic rings. The van der Waals surface area contributed by atoms with E-state index in [0.717, 1.165) is 4.47 Å². The first-order valence-corrected chi connectivity index (χ1v) is 7.77. The molecule has 7 heteroatoms. The van der Waals surface area contributed by atoms with Gasteiger partial charge in [0, 0.05) is 15.6 Å². The van der Waals surface area contributed by atoms with Gasteiger partial charge in [0.15, 0.2) is 11.5 Å². The summed E-state index contributed by atoms with van der Waals surface area (Å²) in [6.45, 7) is 0. The molecular formula is C17H17BrN2O4. The van der Waals surface area contributed by atoms with Gasteiger partial charge in [-0.25, -0.2) is 5.43 Å². The Morgan fingerprint density at radius 2 is 1.75 bits per heavy atom. The molecule has 0 spiro atoms. The van der Waals surface area contributed by atoms with Gasteiger partial charge in [0.05, 0.1) is 27.5 Å². The van der Waals surface area contributed by atoms with Gasteiger partial charge < -0.3 is 14.2 Å². The average Bonchev–Trinajstić information content (AvgIpc) is 2.60. The highest BCUT2D eigenvalue weighted by atomic mass is 79.9. The third-order valence-corrected chi connectivity index (χ3v) is 3.65. The first-order chi connectivity index (χ1) is 11.6. The molecule has 2 rings (SSSR count). The fraction of sp³-hybridized carbons (Fsp3) is 0.176. The van der Waals surface area contributed by atoms with Crippen LogP contribution in [0.15, 0.2) is 46.0 Å². The van der Waals surface area contributed by atoms with E-state index in [1.807, 2.05) is 6.07 Å². The fourth-order valence-corrected chi connectivity index (χ4v) is 2.43. The van der Waals surface area contributed by atoms with Gasteiger partial charge in [0.1, 0.15) is 0 Å². The number of amides is 1. The number of nitrogens with one attached hydrogen (secondary N) is 1. The van der Waals surface area contributed by atoms with Crippen LogP contribution < -0.4 is 19.6 Å². The Bertz CT molecular complexity index is 737. The normalized spacial score (nSPS) is 10.5. The molecule has 0 atom stereocenters. The van der Waals surface area contributed by atoms with Crippen molar-refractivity contribution in [3.05, 3.63) is 52.0 Å². The van der Waals surface area contributed by atoms with Gasteiger partial charge in [0.2, 0.25) is 5.75 Å². The Kier molecular flexibility index (Phi) is 6.20. The van der Waals surface area contributed by atoms with E-state index in [-0.39, 0.29) is 5.91 Å². The number of halogens is 1. The number of hydrogen-bond acceptors (Lipinski definition) is 5. The molecule has 1 amide bonds. The third-order valence-electron chi connectivity index (χ3n) is 3.15. The molecule has 126 valence electrons. The van der Waals surface area contributed by atoms with E-state index in [2.05, 4.69) is 26.5 Å². The zero-order chi connectivity index (χ0) is 17.5. The van der Waals surface area contributed by atoms with Gasteiger partial charge >= 0.3 is 0 Å². The van der Waals surface area contributed by atoms with Crippen molar-refractivity contribution in [3.63, 3.8) is 0 Å². The molecule has 6 nitrogen and oxygen atoms in total. The van der Waals surface area contributed by atoms with Crippen molar-refractivity contribution >= 4 is 28.1 Å². The number of rotatable bonds is 6. The minimum absolute atomic E-state index is 0.306. The van der Waals surface area contributed by atoms with Crippen molar-refractivity contribution in [1.29, 1.82) is 0 Å². The summed E-state index contributed by atoms with van der Waals surface area (Å²) in [5.41, 5.74) is 3.67. The van der Waals surface area contributed by atoms with Crippen LogP contribution in [0.2, 0.25) is 0 Å². The zero-order valence-corrected chi connectivity index (χ0v) is 15.1. The van der Waals surface area contributed by atoms with Gasteiger partial charge in [-0.1, -0.05) is 22.0 Å². The first-order valence-electron chi connectivity index (χ1n) is 6.98. The van der Waals surface area contributed by atoms with Crippen LogP contribution in [0.5, 0.6) is 17.2 Å². The van der Waals surface area contributed by atoms with Gasteiger partial charge in [-0.15, -0.1) is 0 Å². The standard InChI is InChI=1S/C17H17BrN2O4/c1-22-14-7-11(8-15(23-2)16(14)24-3)10-19-20-17(21)12-5-4-6-13(18)9-12/h4-10H,1-3H3,(H,20,21)/b19-10-. The Hall–Kier alpha value is -2.54. The molecule has 1 N–H and O–H groups in total. The van der Waals surface area contributed by atoms with Crippen LogP contribution in [0, 0.1) is 0 Å². The molecular weight excluding hydrogens is 376 g/mol. The molecule has 0 fully saturated rings. The van der Waals surface area contributed by atoms with Crippen LogP contribution in [0.4, 0.5) is 0 Å². The molecule has 0 heterocycles. The van der Waals surface area contributed by atoms with Gasteiger partial charge in [-0.2, -0.15) is 5.10 Å². The van der Waals surface area contributed by atoms with Crippen LogP contribution in [0.25, 0.3) is 0 Å². The van der Waals surface area contributed by atoms with E-state index < -0.39 is 0 Å². The summed E-state index contributed by atoms with van der Waals surface area (Å²) in [4.78, 5) is 12.0. The molecule has 24 heavy (non-hydrogen) atoms. The van der Waals surface area contributed by atoms with E-state index in [9.17, 15) is 4.79 Å². The van der Waals surface area contributed by atoms with E-state index in [1.54, 1.807) is 30.3 Å². The van der Waals surface area contributed by atoms with Gasteiger partial charge in [0.25, 0.3) is 5.91 Å². The molecule has 0 radical (unpaired) electrons. The lowest BCUT2D eigenvalue weighted by Crippen LogP contribution is -2.17. The highest BCUT2D eigenvalue weighted by molar-refractivity contribution is 9.10. The number of hydrogen-bond donors (Lipinski definition) is 1. The quantitative estimate of drug-likeness (QED) is 0.605. The van der Waals surface area contributed by atoms with Gasteiger partial charge in [-0.3, -0.25) is 4.79 Å². The number of ether oxygens (including phenoxy) is 3. The maximum atomic E-state index is 12.0. The second-order valence-electron chi connectivity index (χ2n) is 4.67. The maximum absolute atomic E-state index is 12.0. The molecule has 0 unspecified atom stereocenters. The number of nitrogens with zero attached hydrogens (tertiary/aromatic N) is 1. The van der Waals surface area contributed by atoms with Crippen LogP contribution in [-0.2, 0) is 0 Å². The second kappa shape index (κ2) is 8.35. The molecule has 0 bridgehead atoms. The van der Waals surface area contributed by atoms with Crippen LogP contribution in [0.3, 0.4) is 0 Å². The lowest BCUT2D eigenvalue weighted by atomic mass is 10.2. The molecule has 0 aliphatic heterocycles. The van der Waals surface area contributed by atoms with Crippen molar-refractivity contribution < 1.29 is 19.0 Å². The summed E-state index contributed by atoms with van der Waals surface area (Å²) in [5.74, 6) is 1.21. The monoisotopic (exact) mass is 392 g/mol. The first kappa shape index (κ1) is 17.8. The fourth-order valence-electron chi connectivity index (χ4n) is 2.04. The zero-order valence-electron chi connectivity index (χ0n) is 13.5. The molecule has 0 aliphatic carbocycles. The predicted molar refractivity (Wildman–Crippen MR) is 95.3 cm³/mol. The lowest BCUT2D eigenvalue weighted by molar-refractivity contribution is 0.0955. The van der Waals surface area contributed by atoms with E-state index in [4.69, 9.17) is 14.2 Å². The molecule has 2 aromatic rings. The third kappa shape index (κ3) is 4.26. The minimum Gasteiger partial charge on any atom is -0.493 e. The number of hydrazone groups is 1. The SMILES string of the molecule is COc1cc(/C=N\NC(=O)c2cccc(Br)c2)cc(OC)c1OC. The highest BCUT2D eigenvalue weighted by Gasteiger charge is 2.12. The Morgan fingerprint density at radius 3 is 2.29 bits per heavy atom. The summed E-state index contributed by atoms with van der Waals surface area (Å²) in [5, 5.41) is 3.96. The van der Waals surface area contributed by atoms with Crippen molar-refractivity contribution in [3.8, 4) is 17.2 Å².